The third-order valence-electron chi connectivity index (χ3n) is 4.01. The number of amides is 1. The summed E-state index contributed by atoms with van der Waals surface area (Å²) in [7, 11) is 0. The molecule has 1 amide bonds. The van der Waals surface area contributed by atoms with Crippen LogP contribution in [0.25, 0.3) is 0 Å². The van der Waals surface area contributed by atoms with Crippen LogP contribution >= 0.6 is 0 Å². The number of likely N-dealkylation sites (N-methyl/N-ethyl adjacent to an activating group) is 1. The standard InChI is InChI=1S/C17H26N2O/c1-2-18-17(20)12-14-8-10-16(11-9-14)19-13-15-6-4-3-5-7-15/h8-11,15,19H,2-7,12-13H2,1H3,(H,18,20). The molecule has 20 heavy (non-hydrogen) atoms. The average molecular weight is 274 g/mol. The van der Waals surface area contributed by atoms with Gasteiger partial charge in [-0.25, -0.2) is 0 Å². The van der Waals surface area contributed by atoms with Crippen LogP contribution in [0.3, 0.4) is 0 Å². The first-order valence-corrected chi connectivity index (χ1v) is 7.87. The third-order valence-corrected chi connectivity index (χ3v) is 4.01. The Kier molecular flexibility index (Phi) is 5.90. The molecule has 0 heterocycles. The van der Waals surface area contributed by atoms with E-state index in [9.17, 15) is 4.79 Å². The first kappa shape index (κ1) is 14.9. The van der Waals surface area contributed by atoms with E-state index in [0.717, 1.165) is 23.7 Å². The molecule has 110 valence electrons. The lowest BCUT2D eigenvalue weighted by atomic mass is 9.89. The van der Waals surface area contributed by atoms with Gasteiger partial charge >= 0.3 is 0 Å². The predicted octanol–water partition coefficient (Wildman–Crippen LogP) is 3.36. The van der Waals surface area contributed by atoms with Gasteiger partial charge in [0.25, 0.3) is 0 Å². The van der Waals surface area contributed by atoms with Crippen LogP contribution in [-0.4, -0.2) is 19.0 Å². The minimum atomic E-state index is 0.0930. The molecule has 3 heteroatoms. The van der Waals surface area contributed by atoms with Crippen LogP contribution in [0.1, 0.15) is 44.6 Å². The molecule has 0 unspecified atom stereocenters. The summed E-state index contributed by atoms with van der Waals surface area (Å²) >= 11 is 0. The quantitative estimate of drug-likeness (QED) is 0.835. The lowest BCUT2D eigenvalue weighted by Crippen LogP contribution is -2.24. The van der Waals surface area contributed by atoms with E-state index in [-0.39, 0.29) is 5.91 Å². The molecule has 0 spiro atoms. The predicted molar refractivity (Wildman–Crippen MR) is 83.9 cm³/mol. The van der Waals surface area contributed by atoms with Gasteiger partial charge in [0.15, 0.2) is 0 Å². The van der Waals surface area contributed by atoms with Gasteiger partial charge in [-0.1, -0.05) is 31.4 Å². The van der Waals surface area contributed by atoms with Crippen molar-refractivity contribution in [2.45, 2.75) is 45.4 Å². The molecule has 0 aliphatic heterocycles. The second-order valence-corrected chi connectivity index (χ2v) is 5.71. The van der Waals surface area contributed by atoms with E-state index in [4.69, 9.17) is 0 Å². The fourth-order valence-electron chi connectivity index (χ4n) is 2.84. The first-order chi connectivity index (χ1) is 9.78. The van der Waals surface area contributed by atoms with Gasteiger partial charge in [0.05, 0.1) is 6.42 Å². The molecule has 2 rings (SSSR count). The van der Waals surface area contributed by atoms with E-state index < -0.39 is 0 Å². The third kappa shape index (κ3) is 4.87. The first-order valence-electron chi connectivity index (χ1n) is 7.87. The Labute approximate surface area is 122 Å². The zero-order valence-corrected chi connectivity index (χ0v) is 12.5. The molecule has 1 saturated carbocycles. The van der Waals surface area contributed by atoms with E-state index in [0.29, 0.717) is 13.0 Å². The van der Waals surface area contributed by atoms with Crippen molar-refractivity contribution in [3.8, 4) is 0 Å². The molecule has 3 nitrogen and oxygen atoms in total. The van der Waals surface area contributed by atoms with Crippen LogP contribution < -0.4 is 10.6 Å². The van der Waals surface area contributed by atoms with Gasteiger partial charge in [0.2, 0.25) is 5.91 Å². The van der Waals surface area contributed by atoms with Crippen LogP contribution in [0.2, 0.25) is 0 Å². The van der Waals surface area contributed by atoms with Gasteiger partial charge in [0, 0.05) is 18.8 Å². The number of hydrogen-bond acceptors (Lipinski definition) is 2. The molecule has 0 bridgehead atoms. The maximum absolute atomic E-state index is 11.5. The molecule has 0 aromatic heterocycles. The Bertz CT molecular complexity index is 408. The van der Waals surface area contributed by atoms with Gasteiger partial charge in [0.1, 0.15) is 0 Å². The zero-order valence-electron chi connectivity index (χ0n) is 12.5. The number of nitrogens with one attached hydrogen (secondary N) is 2. The van der Waals surface area contributed by atoms with Crippen molar-refractivity contribution >= 4 is 11.6 Å². The Morgan fingerprint density at radius 1 is 1.15 bits per heavy atom. The molecule has 0 atom stereocenters. The normalized spacial score (nSPS) is 15.8. The lowest BCUT2D eigenvalue weighted by molar-refractivity contribution is -0.120. The van der Waals surface area contributed by atoms with Crippen LogP contribution in [0, 0.1) is 5.92 Å². The van der Waals surface area contributed by atoms with Crippen LogP contribution in [0.4, 0.5) is 5.69 Å². The van der Waals surface area contributed by atoms with E-state index in [1.807, 2.05) is 19.1 Å². The molecule has 0 saturated heterocycles. The second-order valence-electron chi connectivity index (χ2n) is 5.71. The highest BCUT2D eigenvalue weighted by molar-refractivity contribution is 5.78. The molecule has 1 aromatic rings. The summed E-state index contributed by atoms with van der Waals surface area (Å²) in [4.78, 5) is 11.5. The summed E-state index contributed by atoms with van der Waals surface area (Å²) in [6, 6.07) is 8.24. The Balaban J connectivity index is 1.77. The number of carbonyl (C=O) groups excluding carboxylic acids is 1. The maximum Gasteiger partial charge on any atom is 0.224 e. The highest BCUT2D eigenvalue weighted by atomic mass is 16.1. The van der Waals surface area contributed by atoms with E-state index in [1.54, 1.807) is 0 Å². The average Bonchev–Trinajstić information content (AvgIpc) is 2.48. The van der Waals surface area contributed by atoms with Crippen molar-refractivity contribution < 1.29 is 4.79 Å². The minimum absolute atomic E-state index is 0.0930. The van der Waals surface area contributed by atoms with Crippen molar-refractivity contribution in [2.75, 3.05) is 18.4 Å². The maximum atomic E-state index is 11.5. The molecular weight excluding hydrogens is 248 g/mol. The smallest absolute Gasteiger partial charge is 0.224 e. The summed E-state index contributed by atoms with van der Waals surface area (Å²) in [5.74, 6) is 0.925. The van der Waals surface area contributed by atoms with Crippen molar-refractivity contribution in [1.82, 2.24) is 5.32 Å². The zero-order chi connectivity index (χ0) is 14.2. The van der Waals surface area contributed by atoms with Crippen LogP contribution in [-0.2, 0) is 11.2 Å². The highest BCUT2D eigenvalue weighted by Crippen LogP contribution is 2.24. The van der Waals surface area contributed by atoms with E-state index in [2.05, 4.69) is 22.8 Å². The topological polar surface area (TPSA) is 41.1 Å². The van der Waals surface area contributed by atoms with Gasteiger partial charge in [-0.3, -0.25) is 4.79 Å². The largest absolute Gasteiger partial charge is 0.385 e. The summed E-state index contributed by atoms with van der Waals surface area (Å²) in [5, 5.41) is 6.34. The molecule has 1 aromatic carbocycles. The Morgan fingerprint density at radius 2 is 1.85 bits per heavy atom. The van der Waals surface area contributed by atoms with E-state index in [1.165, 1.54) is 32.1 Å². The van der Waals surface area contributed by atoms with Crippen molar-refractivity contribution in [3.63, 3.8) is 0 Å². The number of carbonyl (C=O) groups is 1. The summed E-state index contributed by atoms with van der Waals surface area (Å²) in [6.07, 6.45) is 7.38. The molecule has 1 fully saturated rings. The molecule has 0 radical (unpaired) electrons. The fourth-order valence-corrected chi connectivity index (χ4v) is 2.84. The highest BCUT2D eigenvalue weighted by Gasteiger charge is 2.12. The van der Waals surface area contributed by atoms with Crippen molar-refractivity contribution in [2.24, 2.45) is 5.92 Å². The second kappa shape index (κ2) is 7.93. The molecular formula is C17H26N2O. The van der Waals surface area contributed by atoms with Crippen molar-refractivity contribution in [3.05, 3.63) is 29.8 Å². The number of hydrogen-bond donors (Lipinski definition) is 2. The number of rotatable bonds is 6. The van der Waals surface area contributed by atoms with Gasteiger partial charge in [-0.2, -0.15) is 0 Å². The SMILES string of the molecule is CCNC(=O)Cc1ccc(NCC2CCCCC2)cc1. The fraction of sp³-hybridized carbons (Fsp3) is 0.588. The number of anilines is 1. The summed E-state index contributed by atoms with van der Waals surface area (Å²) in [6.45, 7) is 3.71. The van der Waals surface area contributed by atoms with Gasteiger partial charge in [-0.05, 0) is 43.4 Å². The Morgan fingerprint density at radius 3 is 2.50 bits per heavy atom. The van der Waals surface area contributed by atoms with Crippen molar-refractivity contribution in [1.29, 1.82) is 0 Å². The molecule has 1 aliphatic carbocycles. The van der Waals surface area contributed by atoms with Gasteiger partial charge in [-0.15, -0.1) is 0 Å². The minimum Gasteiger partial charge on any atom is -0.385 e. The van der Waals surface area contributed by atoms with Gasteiger partial charge < -0.3 is 10.6 Å². The van der Waals surface area contributed by atoms with Crippen LogP contribution in [0.5, 0.6) is 0 Å². The molecule has 1 aliphatic rings. The monoisotopic (exact) mass is 274 g/mol. The summed E-state index contributed by atoms with van der Waals surface area (Å²) < 4.78 is 0. The Hall–Kier alpha value is -1.51. The molecule has 2 N–H and O–H groups in total. The lowest BCUT2D eigenvalue weighted by Gasteiger charge is -2.22. The van der Waals surface area contributed by atoms with E-state index >= 15 is 0 Å². The van der Waals surface area contributed by atoms with Crippen LogP contribution in [0.15, 0.2) is 24.3 Å². The number of benzene rings is 1. The summed E-state index contributed by atoms with van der Waals surface area (Å²) in [5.41, 5.74) is 2.23.